The topological polar surface area (TPSA) is 3.24 Å². The summed E-state index contributed by atoms with van der Waals surface area (Å²) in [4.78, 5) is 2.59. The average molecular weight is 275 g/mol. The van der Waals surface area contributed by atoms with Gasteiger partial charge >= 0.3 is 0 Å². The maximum absolute atomic E-state index is 2.59. The predicted octanol–water partition coefficient (Wildman–Crippen LogP) is 4.23. The van der Waals surface area contributed by atoms with Gasteiger partial charge in [-0.3, -0.25) is 4.90 Å². The van der Waals surface area contributed by atoms with Crippen LogP contribution in [-0.4, -0.2) is 24.5 Å². The molecule has 0 atom stereocenters. The highest BCUT2D eigenvalue weighted by Crippen LogP contribution is 2.31. The summed E-state index contributed by atoms with van der Waals surface area (Å²) in [7, 11) is 0. The first-order chi connectivity index (χ1) is 10.4. The fourth-order valence-corrected chi connectivity index (χ4v) is 3.61. The summed E-state index contributed by atoms with van der Waals surface area (Å²) < 4.78 is 0. The van der Waals surface area contributed by atoms with Gasteiger partial charge in [-0.2, -0.15) is 0 Å². The Kier molecular flexibility index (Phi) is 3.36. The van der Waals surface area contributed by atoms with E-state index >= 15 is 0 Å². The minimum absolute atomic E-state index is 1.05. The summed E-state index contributed by atoms with van der Waals surface area (Å²) in [5.74, 6) is 0. The van der Waals surface area contributed by atoms with Crippen molar-refractivity contribution < 1.29 is 0 Å². The number of fused-ring (bicyclic) bond motifs is 2. The fourth-order valence-electron chi connectivity index (χ4n) is 3.61. The molecule has 1 nitrogen and oxygen atoms in total. The monoisotopic (exact) mass is 275 g/mol. The third-order valence-corrected chi connectivity index (χ3v) is 4.72. The molecule has 0 unspecified atom stereocenters. The van der Waals surface area contributed by atoms with Gasteiger partial charge in [0.15, 0.2) is 0 Å². The molecule has 0 bridgehead atoms. The molecule has 1 fully saturated rings. The second-order valence-corrected chi connectivity index (χ2v) is 6.19. The molecule has 0 aromatic heterocycles. The molecule has 1 aliphatic heterocycles. The first kappa shape index (κ1) is 12.8. The van der Waals surface area contributed by atoms with Crippen LogP contribution < -0.4 is 0 Å². The van der Waals surface area contributed by atoms with E-state index in [0.29, 0.717) is 0 Å². The normalized spacial score (nSPS) is 17.8. The Labute approximate surface area is 126 Å². The summed E-state index contributed by atoms with van der Waals surface area (Å²) in [5, 5.41) is 0. The molecular formula is C20H21N. The van der Waals surface area contributed by atoms with Crippen LogP contribution in [0, 0.1) is 0 Å². The molecule has 1 heterocycles. The van der Waals surface area contributed by atoms with E-state index in [1.807, 2.05) is 0 Å². The highest BCUT2D eigenvalue weighted by molar-refractivity contribution is 5.86. The summed E-state index contributed by atoms with van der Waals surface area (Å²) in [6.45, 7) is 3.59. The number of hydrogen-bond donors (Lipinski definition) is 0. The Morgan fingerprint density at radius 3 is 2.38 bits per heavy atom. The lowest BCUT2D eigenvalue weighted by atomic mass is 9.97. The summed E-state index contributed by atoms with van der Waals surface area (Å²) in [6.07, 6.45) is 6.17. The van der Waals surface area contributed by atoms with Gasteiger partial charge in [0.05, 0.1) is 0 Å². The van der Waals surface area contributed by atoms with Gasteiger partial charge in [-0.05, 0) is 66.3 Å². The van der Waals surface area contributed by atoms with E-state index in [1.54, 1.807) is 0 Å². The SMILES string of the molecule is C1=C(CN2CCCC2)c2ccccc2Cc2ccccc21. The highest BCUT2D eigenvalue weighted by Gasteiger charge is 2.18. The van der Waals surface area contributed by atoms with Crippen LogP contribution in [-0.2, 0) is 6.42 Å². The molecule has 0 spiro atoms. The van der Waals surface area contributed by atoms with Crippen molar-refractivity contribution in [1.29, 1.82) is 0 Å². The van der Waals surface area contributed by atoms with Crippen molar-refractivity contribution >= 4 is 11.6 Å². The van der Waals surface area contributed by atoms with E-state index in [0.717, 1.165) is 13.0 Å². The van der Waals surface area contributed by atoms with E-state index in [9.17, 15) is 0 Å². The van der Waals surface area contributed by atoms with Crippen LogP contribution in [0.3, 0.4) is 0 Å². The number of hydrogen-bond acceptors (Lipinski definition) is 1. The molecule has 0 radical (unpaired) electrons. The van der Waals surface area contributed by atoms with Gasteiger partial charge in [0, 0.05) is 6.54 Å². The minimum atomic E-state index is 1.05. The maximum atomic E-state index is 2.59. The number of nitrogens with zero attached hydrogens (tertiary/aromatic N) is 1. The quantitative estimate of drug-likeness (QED) is 0.793. The molecule has 1 aliphatic carbocycles. The van der Waals surface area contributed by atoms with Crippen LogP contribution >= 0.6 is 0 Å². The zero-order valence-electron chi connectivity index (χ0n) is 12.4. The van der Waals surface area contributed by atoms with Gasteiger partial charge in [0.25, 0.3) is 0 Å². The van der Waals surface area contributed by atoms with Gasteiger partial charge in [0.2, 0.25) is 0 Å². The molecule has 1 heteroatoms. The molecular weight excluding hydrogens is 254 g/mol. The van der Waals surface area contributed by atoms with Crippen molar-refractivity contribution in [3.05, 3.63) is 70.8 Å². The zero-order valence-corrected chi connectivity index (χ0v) is 12.4. The third kappa shape index (κ3) is 2.54. The average Bonchev–Trinajstić information content (AvgIpc) is 2.96. The van der Waals surface area contributed by atoms with Gasteiger partial charge in [0.1, 0.15) is 0 Å². The number of rotatable bonds is 2. The Morgan fingerprint density at radius 1 is 0.810 bits per heavy atom. The first-order valence-electron chi connectivity index (χ1n) is 7.99. The molecule has 1 saturated heterocycles. The summed E-state index contributed by atoms with van der Waals surface area (Å²) in [6, 6.07) is 17.7. The Morgan fingerprint density at radius 2 is 1.52 bits per heavy atom. The lowest BCUT2D eigenvalue weighted by molar-refractivity contribution is 0.383. The molecule has 106 valence electrons. The van der Waals surface area contributed by atoms with Crippen molar-refractivity contribution in [2.75, 3.05) is 19.6 Å². The summed E-state index contributed by atoms with van der Waals surface area (Å²) >= 11 is 0. The Bertz CT molecular complexity index is 678. The van der Waals surface area contributed by atoms with Crippen LogP contribution in [0.2, 0.25) is 0 Å². The van der Waals surface area contributed by atoms with Crippen molar-refractivity contribution in [3.63, 3.8) is 0 Å². The lowest BCUT2D eigenvalue weighted by Gasteiger charge is -2.18. The van der Waals surface area contributed by atoms with E-state index in [1.165, 1.54) is 53.8 Å². The maximum Gasteiger partial charge on any atom is 0.0240 e. The van der Waals surface area contributed by atoms with Crippen LogP contribution in [0.1, 0.15) is 35.1 Å². The first-order valence-corrected chi connectivity index (χ1v) is 7.99. The molecule has 0 saturated carbocycles. The predicted molar refractivity (Wildman–Crippen MR) is 89.2 cm³/mol. The Hall–Kier alpha value is -1.86. The standard InChI is InChI=1S/C20H21N/c1-2-8-17-14-19(15-21-11-5-6-12-21)20-10-4-3-9-18(20)13-16(17)7-1/h1-4,7-10,14H,5-6,11-13,15H2. The third-order valence-electron chi connectivity index (χ3n) is 4.72. The zero-order chi connectivity index (χ0) is 14.1. The van der Waals surface area contributed by atoms with Crippen molar-refractivity contribution in [1.82, 2.24) is 4.90 Å². The van der Waals surface area contributed by atoms with Crippen molar-refractivity contribution in [3.8, 4) is 0 Å². The second kappa shape index (κ2) is 5.50. The fraction of sp³-hybridized carbons (Fsp3) is 0.300. The van der Waals surface area contributed by atoms with Gasteiger partial charge < -0.3 is 0 Å². The van der Waals surface area contributed by atoms with Crippen molar-refractivity contribution in [2.24, 2.45) is 0 Å². The van der Waals surface area contributed by atoms with Crippen LogP contribution in [0.5, 0.6) is 0 Å². The minimum Gasteiger partial charge on any atom is -0.299 e. The van der Waals surface area contributed by atoms with Gasteiger partial charge in [-0.25, -0.2) is 0 Å². The largest absolute Gasteiger partial charge is 0.299 e. The highest BCUT2D eigenvalue weighted by atomic mass is 15.1. The van der Waals surface area contributed by atoms with Gasteiger partial charge in [-0.1, -0.05) is 48.5 Å². The molecule has 2 aromatic rings. The molecule has 21 heavy (non-hydrogen) atoms. The van der Waals surface area contributed by atoms with Crippen LogP contribution in [0.25, 0.3) is 11.6 Å². The molecule has 4 rings (SSSR count). The molecule has 2 aromatic carbocycles. The van der Waals surface area contributed by atoms with Crippen molar-refractivity contribution in [2.45, 2.75) is 19.3 Å². The van der Waals surface area contributed by atoms with E-state index in [-0.39, 0.29) is 0 Å². The molecule has 2 aliphatic rings. The van der Waals surface area contributed by atoms with E-state index in [4.69, 9.17) is 0 Å². The van der Waals surface area contributed by atoms with Crippen LogP contribution in [0.4, 0.5) is 0 Å². The molecule has 0 N–H and O–H groups in total. The Balaban J connectivity index is 1.79. The summed E-state index contributed by atoms with van der Waals surface area (Å²) in [5.41, 5.74) is 7.23. The van der Waals surface area contributed by atoms with Crippen LogP contribution in [0.15, 0.2) is 48.5 Å². The van der Waals surface area contributed by atoms with E-state index < -0.39 is 0 Å². The second-order valence-electron chi connectivity index (χ2n) is 6.19. The lowest BCUT2D eigenvalue weighted by Crippen LogP contribution is -2.21. The van der Waals surface area contributed by atoms with Gasteiger partial charge in [-0.15, -0.1) is 0 Å². The van der Waals surface area contributed by atoms with E-state index in [2.05, 4.69) is 59.5 Å². The molecule has 0 amide bonds. The number of likely N-dealkylation sites (tertiary alicyclic amines) is 1. The number of benzene rings is 2. The smallest absolute Gasteiger partial charge is 0.0240 e.